The van der Waals surface area contributed by atoms with Gasteiger partial charge < -0.3 is 5.32 Å². The standard InChI is InChI=1S/C16H23N/c1-3-5-7-12-16(17-13-4-2)14-15-10-8-6-9-11-15/h1,6,8-11,16-17H,4-5,7,12-14H2,2H3. The van der Waals surface area contributed by atoms with E-state index in [0.29, 0.717) is 6.04 Å². The van der Waals surface area contributed by atoms with Crippen molar-refractivity contribution in [3.05, 3.63) is 35.9 Å². The van der Waals surface area contributed by atoms with Crippen LogP contribution < -0.4 is 5.32 Å². The summed E-state index contributed by atoms with van der Waals surface area (Å²) in [7, 11) is 0. The quantitative estimate of drug-likeness (QED) is 0.532. The van der Waals surface area contributed by atoms with Crippen molar-refractivity contribution in [3.63, 3.8) is 0 Å². The van der Waals surface area contributed by atoms with Gasteiger partial charge in [-0.1, -0.05) is 37.3 Å². The van der Waals surface area contributed by atoms with Gasteiger partial charge in [0.05, 0.1) is 0 Å². The maximum Gasteiger partial charge on any atom is 0.0108 e. The van der Waals surface area contributed by atoms with E-state index in [1.807, 2.05) is 0 Å². The Kier molecular flexibility index (Phi) is 7.18. The van der Waals surface area contributed by atoms with Gasteiger partial charge in [0.2, 0.25) is 0 Å². The van der Waals surface area contributed by atoms with Crippen molar-refractivity contribution in [1.82, 2.24) is 5.32 Å². The van der Waals surface area contributed by atoms with E-state index >= 15 is 0 Å². The van der Waals surface area contributed by atoms with Crippen LogP contribution in [0.1, 0.15) is 38.2 Å². The summed E-state index contributed by atoms with van der Waals surface area (Å²) < 4.78 is 0. The summed E-state index contributed by atoms with van der Waals surface area (Å²) in [5.41, 5.74) is 1.40. The van der Waals surface area contributed by atoms with Crippen LogP contribution in [0.3, 0.4) is 0 Å². The Morgan fingerprint density at radius 2 is 2.06 bits per heavy atom. The van der Waals surface area contributed by atoms with E-state index in [-0.39, 0.29) is 0 Å². The molecule has 0 aromatic heterocycles. The highest BCUT2D eigenvalue weighted by molar-refractivity contribution is 5.15. The minimum absolute atomic E-state index is 0.561. The minimum atomic E-state index is 0.561. The van der Waals surface area contributed by atoms with Crippen LogP contribution in [0.2, 0.25) is 0 Å². The molecule has 1 heteroatoms. The molecule has 1 unspecified atom stereocenters. The van der Waals surface area contributed by atoms with Crippen molar-refractivity contribution in [2.75, 3.05) is 6.54 Å². The number of unbranched alkanes of at least 4 members (excludes halogenated alkanes) is 1. The molecule has 0 saturated carbocycles. The number of hydrogen-bond acceptors (Lipinski definition) is 1. The highest BCUT2D eigenvalue weighted by Crippen LogP contribution is 2.08. The molecule has 92 valence electrons. The van der Waals surface area contributed by atoms with E-state index in [2.05, 4.69) is 48.5 Å². The molecule has 1 atom stereocenters. The molecule has 0 heterocycles. The largest absolute Gasteiger partial charge is 0.314 e. The molecule has 1 N–H and O–H groups in total. The van der Waals surface area contributed by atoms with Crippen LogP contribution in [0, 0.1) is 12.3 Å². The average Bonchev–Trinajstić information content (AvgIpc) is 2.37. The smallest absolute Gasteiger partial charge is 0.0108 e. The van der Waals surface area contributed by atoms with Gasteiger partial charge >= 0.3 is 0 Å². The summed E-state index contributed by atoms with van der Waals surface area (Å²) in [6, 6.07) is 11.2. The third-order valence-corrected chi connectivity index (χ3v) is 2.88. The molecular formula is C16H23N. The second kappa shape index (κ2) is 8.84. The number of hydrogen-bond donors (Lipinski definition) is 1. The Morgan fingerprint density at radius 1 is 1.29 bits per heavy atom. The SMILES string of the molecule is C#CCCCC(Cc1ccccc1)NCCC. The van der Waals surface area contributed by atoms with E-state index in [9.17, 15) is 0 Å². The zero-order chi connectivity index (χ0) is 12.3. The lowest BCUT2D eigenvalue weighted by atomic mass is 10.0. The molecule has 0 amide bonds. The molecule has 17 heavy (non-hydrogen) atoms. The van der Waals surface area contributed by atoms with E-state index in [0.717, 1.165) is 25.8 Å². The van der Waals surface area contributed by atoms with Gasteiger partial charge in [0.1, 0.15) is 0 Å². The number of benzene rings is 1. The van der Waals surface area contributed by atoms with Crippen molar-refractivity contribution < 1.29 is 0 Å². The van der Waals surface area contributed by atoms with Gasteiger partial charge in [-0.15, -0.1) is 12.3 Å². The highest BCUT2D eigenvalue weighted by Gasteiger charge is 2.07. The Labute approximate surface area is 106 Å². The molecule has 0 spiro atoms. The van der Waals surface area contributed by atoms with Gasteiger partial charge in [-0.3, -0.25) is 0 Å². The van der Waals surface area contributed by atoms with Gasteiger partial charge in [-0.25, -0.2) is 0 Å². The number of terminal acetylenes is 1. The van der Waals surface area contributed by atoms with Gasteiger partial charge in [-0.05, 0) is 37.8 Å². The van der Waals surface area contributed by atoms with Crippen LogP contribution in [-0.2, 0) is 6.42 Å². The van der Waals surface area contributed by atoms with Crippen molar-refractivity contribution >= 4 is 0 Å². The first-order chi connectivity index (χ1) is 8.36. The normalized spacial score (nSPS) is 12.0. The molecule has 0 radical (unpaired) electrons. The zero-order valence-corrected chi connectivity index (χ0v) is 10.8. The van der Waals surface area contributed by atoms with E-state index in [1.54, 1.807) is 0 Å². The predicted molar refractivity (Wildman–Crippen MR) is 74.9 cm³/mol. The lowest BCUT2D eigenvalue weighted by molar-refractivity contribution is 0.467. The highest BCUT2D eigenvalue weighted by atomic mass is 14.9. The molecule has 1 aromatic carbocycles. The Bertz CT molecular complexity index is 323. The molecule has 0 aliphatic rings. The van der Waals surface area contributed by atoms with Gasteiger partial charge in [0, 0.05) is 12.5 Å². The molecule has 0 aliphatic heterocycles. The van der Waals surface area contributed by atoms with E-state index < -0.39 is 0 Å². The van der Waals surface area contributed by atoms with Crippen LogP contribution in [0.15, 0.2) is 30.3 Å². The Balaban J connectivity index is 2.42. The van der Waals surface area contributed by atoms with Crippen LogP contribution in [0.25, 0.3) is 0 Å². The first kappa shape index (κ1) is 13.8. The molecular weight excluding hydrogens is 206 g/mol. The first-order valence-electron chi connectivity index (χ1n) is 6.57. The maximum atomic E-state index is 5.30. The lowest BCUT2D eigenvalue weighted by Crippen LogP contribution is -2.31. The third-order valence-electron chi connectivity index (χ3n) is 2.88. The van der Waals surface area contributed by atoms with E-state index in [4.69, 9.17) is 6.42 Å². The lowest BCUT2D eigenvalue weighted by Gasteiger charge is -2.18. The maximum absolute atomic E-state index is 5.30. The summed E-state index contributed by atoms with van der Waals surface area (Å²) in [4.78, 5) is 0. The number of rotatable bonds is 8. The molecule has 1 rings (SSSR count). The minimum Gasteiger partial charge on any atom is -0.314 e. The second-order valence-corrected chi connectivity index (χ2v) is 4.44. The molecule has 0 saturated heterocycles. The van der Waals surface area contributed by atoms with Crippen molar-refractivity contribution in [1.29, 1.82) is 0 Å². The average molecular weight is 229 g/mol. The van der Waals surface area contributed by atoms with E-state index in [1.165, 1.54) is 18.4 Å². The molecule has 0 aliphatic carbocycles. The van der Waals surface area contributed by atoms with Crippen LogP contribution >= 0.6 is 0 Å². The summed E-state index contributed by atoms with van der Waals surface area (Å²) >= 11 is 0. The van der Waals surface area contributed by atoms with Crippen molar-refractivity contribution in [2.45, 2.75) is 45.1 Å². The predicted octanol–water partition coefficient (Wildman–Crippen LogP) is 3.40. The summed E-state index contributed by atoms with van der Waals surface area (Å²) in [6.45, 7) is 3.29. The zero-order valence-electron chi connectivity index (χ0n) is 10.8. The Hall–Kier alpha value is -1.26. The summed E-state index contributed by atoms with van der Waals surface area (Å²) in [5, 5.41) is 3.61. The summed E-state index contributed by atoms with van der Waals surface area (Å²) in [6.07, 6.45) is 10.8. The molecule has 0 bridgehead atoms. The van der Waals surface area contributed by atoms with Crippen molar-refractivity contribution in [3.8, 4) is 12.3 Å². The van der Waals surface area contributed by atoms with Gasteiger partial charge in [0.15, 0.2) is 0 Å². The van der Waals surface area contributed by atoms with Gasteiger partial charge in [0.25, 0.3) is 0 Å². The van der Waals surface area contributed by atoms with Gasteiger partial charge in [-0.2, -0.15) is 0 Å². The first-order valence-corrected chi connectivity index (χ1v) is 6.57. The fourth-order valence-corrected chi connectivity index (χ4v) is 1.97. The fraction of sp³-hybridized carbons (Fsp3) is 0.500. The monoisotopic (exact) mass is 229 g/mol. The molecule has 0 fully saturated rings. The molecule has 1 nitrogen and oxygen atoms in total. The molecule has 1 aromatic rings. The topological polar surface area (TPSA) is 12.0 Å². The van der Waals surface area contributed by atoms with Crippen LogP contribution in [0.4, 0.5) is 0 Å². The number of nitrogens with one attached hydrogen (secondary N) is 1. The summed E-state index contributed by atoms with van der Waals surface area (Å²) in [5.74, 6) is 2.72. The third kappa shape index (κ3) is 6.14. The fourth-order valence-electron chi connectivity index (χ4n) is 1.97. The Morgan fingerprint density at radius 3 is 2.71 bits per heavy atom. The second-order valence-electron chi connectivity index (χ2n) is 4.44. The van der Waals surface area contributed by atoms with Crippen molar-refractivity contribution in [2.24, 2.45) is 0 Å². The van der Waals surface area contributed by atoms with Crippen LogP contribution in [-0.4, -0.2) is 12.6 Å². The van der Waals surface area contributed by atoms with Crippen LogP contribution in [0.5, 0.6) is 0 Å².